The fourth-order valence-electron chi connectivity index (χ4n) is 2.84. The number of hydrogen-bond acceptors (Lipinski definition) is 5. The molecule has 2 saturated heterocycles. The number of alkyl carbamates (subject to hydrolysis) is 1. The molecule has 0 radical (unpaired) electrons. The number of carbonyl (C=O) groups excluding carboxylic acids is 1. The predicted octanol–water partition coefficient (Wildman–Crippen LogP) is 2.26. The summed E-state index contributed by atoms with van der Waals surface area (Å²) in [6.07, 6.45) is -0.617. The SMILES string of the molecule is CC(C)(C)O[C@H](CNC(=O)OCc1ccccc1)[C@H]1OCC2O[C@H]21. The monoisotopic (exact) mass is 335 g/mol. The normalized spacial score (nSPS) is 26.5. The zero-order valence-corrected chi connectivity index (χ0v) is 14.4. The largest absolute Gasteiger partial charge is 0.445 e. The molecule has 1 unspecified atom stereocenters. The molecule has 0 saturated carbocycles. The van der Waals surface area contributed by atoms with Gasteiger partial charge in [-0.15, -0.1) is 0 Å². The highest BCUT2D eigenvalue weighted by Gasteiger charge is 2.55. The Kier molecular flexibility index (Phi) is 5.08. The molecular weight excluding hydrogens is 310 g/mol. The highest BCUT2D eigenvalue weighted by molar-refractivity contribution is 5.67. The molecule has 2 heterocycles. The molecule has 4 atom stereocenters. The van der Waals surface area contributed by atoms with E-state index in [2.05, 4.69) is 5.32 Å². The van der Waals surface area contributed by atoms with Gasteiger partial charge in [-0.05, 0) is 26.3 Å². The number of benzene rings is 1. The number of amides is 1. The van der Waals surface area contributed by atoms with Crippen LogP contribution in [-0.4, -0.2) is 49.3 Å². The Bertz CT molecular complexity index is 556. The minimum absolute atomic E-state index is 0.0829. The van der Waals surface area contributed by atoms with Gasteiger partial charge in [-0.1, -0.05) is 30.3 Å². The lowest BCUT2D eigenvalue weighted by molar-refractivity contribution is -0.129. The topological polar surface area (TPSA) is 69.3 Å². The van der Waals surface area contributed by atoms with Crippen molar-refractivity contribution >= 4 is 6.09 Å². The smallest absolute Gasteiger partial charge is 0.407 e. The van der Waals surface area contributed by atoms with Gasteiger partial charge in [0.05, 0.1) is 12.2 Å². The molecule has 1 aromatic carbocycles. The van der Waals surface area contributed by atoms with Crippen LogP contribution >= 0.6 is 0 Å². The summed E-state index contributed by atoms with van der Waals surface area (Å²) >= 11 is 0. The van der Waals surface area contributed by atoms with Crippen LogP contribution in [0.1, 0.15) is 26.3 Å². The zero-order valence-electron chi connectivity index (χ0n) is 14.4. The first-order valence-electron chi connectivity index (χ1n) is 8.32. The van der Waals surface area contributed by atoms with Crippen molar-refractivity contribution in [2.45, 2.75) is 57.4 Å². The maximum absolute atomic E-state index is 11.9. The zero-order chi connectivity index (χ0) is 17.2. The standard InChI is InChI=1S/C18H25NO5/c1-18(2,3)24-13(15-16-14(23-16)11-21-15)9-19-17(20)22-10-12-7-5-4-6-8-12/h4-8,13-16H,9-11H2,1-3H3,(H,19,20)/t13-,14?,15-,16-/m1/s1. The van der Waals surface area contributed by atoms with Gasteiger partial charge >= 0.3 is 6.09 Å². The second kappa shape index (κ2) is 7.09. The Labute approximate surface area is 142 Å². The first-order chi connectivity index (χ1) is 11.4. The quantitative estimate of drug-likeness (QED) is 0.808. The van der Waals surface area contributed by atoms with Gasteiger partial charge < -0.3 is 24.3 Å². The van der Waals surface area contributed by atoms with E-state index >= 15 is 0 Å². The fraction of sp³-hybridized carbons (Fsp3) is 0.611. The number of epoxide rings is 1. The third kappa shape index (κ3) is 4.69. The van der Waals surface area contributed by atoms with Crippen LogP contribution in [0.4, 0.5) is 4.79 Å². The molecule has 1 N–H and O–H groups in total. The van der Waals surface area contributed by atoms with Crippen molar-refractivity contribution in [3.8, 4) is 0 Å². The molecule has 0 spiro atoms. The van der Waals surface area contributed by atoms with E-state index < -0.39 is 6.09 Å². The molecular formula is C18H25NO5. The van der Waals surface area contributed by atoms with Crippen LogP contribution in [0.15, 0.2) is 30.3 Å². The van der Waals surface area contributed by atoms with Crippen LogP contribution in [0, 0.1) is 0 Å². The van der Waals surface area contributed by atoms with Crippen LogP contribution in [0.2, 0.25) is 0 Å². The van der Waals surface area contributed by atoms with Gasteiger partial charge in [0, 0.05) is 6.54 Å². The van der Waals surface area contributed by atoms with Crippen molar-refractivity contribution in [3.05, 3.63) is 35.9 Å². The number of fused-ring (bicyclic) bond motifs is 1. The molecule has 2 aliphatic heterocycles. The molecule has 6 heteroatoms. The Morgan fingerprint density at radius 1 is 1.33 bits per heavy atom. The second-order valence-electron chi connectivity index (χ2n) is 7.15. The average molecular weight is 335 g/mol. The van der Waals surface area contributed by atoms with Crippen molar-refractivity contribution in [3.63, 3.8) is 0 Å². The van der Waals surface area contributed by atoms with Gasteiger partial charge in [0.1, 0.15) is 31.0 Å². The van der Waals surface area contributed by atoms with Gasteiger partial charge in [0.25, 0.3) is 0 Å². The van der Waals surface area contributed by atoms with Crippen LogP contribution in [0.5, 0.6) is 0 Å². The first kappa shape index (κ1) is 17.2. The lowest BCUT2D eigenvalue weighted by atomic mass is 10.1. The van der Waals surface area contributed by atoms with E-state index in [1.165, 1.54) is 0 Å². The molecule has 132 valence electrons. The number of nitrogens with one attached hydrogen (secondary N) is 1. The van der Waals surface area contributed by atoms with Gasteiger partial charge in [-0.2, -0.15) is 0 Å². The van der Waals surface area contributed by atoms with Crippen LogP contribution in [0.3, 0.4) is 0 Å². The summed E-state index contributed by atoms with van der Waals surface area (Å²) in [4.78, 5) is 11.9. The summed E-state index contributed by atoms with van der Waals surface area (Å²) in [6.45, 7) is 7.10. The Hall–Kier alpha value is -1.63. The lowest BCUT2D eigenvalue weighted by Crippen LogP contribution is -2.46. The van der Waals surface area contributed by atoms with Gasteiger partial charge in [0.2, 0.25) is 0 Å². The van der Waals surface area contributed by atoms with Crippen molar-refractivity contribution in [1.82, 2.24) is 5.32 Å². The Morgan fingerprint density at radius 2 is 2.08 bits per heavy atom. The predicted molar refractivity (Wildman–Crippen MR) is 87.7 cm³/mol. The molecule has 0 aliphatic carbocycles. The number of ether oxygens (including phenoxy) is 4. The van der Waals surface area contributed by atoms with Crippen molar-refractivity contribution in [1.29, 1.82) is 0 Å². The molecule has 1 amide bonds. The summed E-state index contributed by atoms with van der Waals surface area (Å²) in [7, 11) is 0. The van der Waals surface area contributed by atoms with E-state index in [1.807, 2.05) is 51.1 Å². The van der Waals surface area contributed by atoms with Crippen LogP contribution in [-0.2, 0) is 25.6 Å². The summed E-state index contributed by atoms with van der Waals surface area (Å²) in [5.74, 6) is 0. The summed E-state index contributed by atoms with van der Waals surface area (Å²) < 4.78 is 22.6. The number of carbonyl (C=O) groups is 1. The van der Waals surface area contributed by atoms with E-state index in [0.717, 1.165) is 5.56 Å². The van der Waals surface area contributed by atoms with Crippen LogP contribution < -0.4 is 5.32 Å². The molecule has 0 bridgehead atoms. The van der Waals surface area contributed by atoms with Gasteiger partial charge in [-0.3, -0.25) is 0 Å². The third-order valence-electron chi connectivity index (χ3n) is 3.93. The molecule has 24 heavy (non-hydrogen) atoms. The molecule has 1 aromatic rings. The fourth-order valence-corrected chi connectivity index (χ4v) is 2.84. The third-order valence-corrected chi connectivity index (χ3v) is 3.93. The first-order valence-corrected chi connectivity index (χ1v) is 8.32. The van der Waals surface area contributed by atoms with Crippen molar-refractivity contribution < 1.29 is 23.7 Å². The summed E-state index contributed by atoms with van der Waals surface area (Å²) in [5, 5.41) is 2.77. The van der Waals surface area contributed by atoms with E-state index in [1.54, 1.807) is 0 Å². The Morgan fingerprint density at radius 3 is 2.67 bits per heavy atom. The van der Waals surface area contributed by atoms with E-state index in [-0.39, 0.29) is 36.6 Å². The Balaban J connectivity index is 1.48. The van der Waals surface area contributed by atoms with E-state index in [4.69, 9.17) is 18.9 Å². The highest BCUT2D eigenvalue weighted by Crippen LogP contribution is 2.37. The average Bonchev–Trinajstić information content (AvgIpc) is 3.20. The maximum Gasteiger partial charge on any atom is 0.407 e. The van der Waals surface area contributed by atoms with Gasteiger partial charge in [0.15, 0.2) is 0 Å². The summed E-state index contributed by atoms with van der Waals surface area (Å²) in [5.41, 5.74) is 0.611. The van der Waals surface area contributed by atoms with E-state index in [9.17, 15) is 4.79 Å². The molecule has 2 aliphatic rings. The molecule has 3 rings (SSSR count). The van der Waals surface area contributed by atoms with E-state index in [0.29, 0.717) is 13.2 Å². The van der Waals surface area contributed by atoms with Crippen molar-refractivity contribution in [2.75, 3.05) is 13.2 Å². The minimum atomic E-state index is -0.465. The second-order valence-corrected chi connectivity index (χ2v) is 7.15. The molecule has 6 nitrogen and oxygen atoms in total. The number of rotatable bonds is 6. The molecule has 2 fully saturated rings. The van der Waals surface area contributed by atoms with Gasteiger partial charge in [-0.25, -0.2) is 4.79 Å². The highest BCUT2D eigenvalue weighted by atomic mass is 16.7. The maximum atomic E-state index is 11.9. The minimum Gasteiger partial charge on any atom is -0.445 e. The number of hydrogen-bond donors (Lipinski definition) is 1. The summed E-state index contributed by atoms with van der Waals surface area (Å²) in [6, 6.07) is 9.57. The lowest BCUT2D eigenvalue weighted by Gasteiger charge is -2.31. The molecule has 0 aromatic heterocycles. The van der Waals surface area contributed by atoms with Crippen molar-refractivity contribution in [2.24, 2.45) is 0 Å². The van der Waals surface area contributed by atoms with Crippen LogP contribution in [0.25, 0.3) is 0 Å².